The lowest BCUT2D eigenvalue weighted by Crippen LogP contribution is -2.32. The average molecular weight is 272 g/mol. The Morgan fingerprint density at radius 1 is 1.44 bits per heavy atom. The van der Waals surface area contributed by atoms with Crippen LogP contribution in [0.3, 0.4) is 0 Å². The largest absolute Gasteiger partial charge is 0.379 e. The molecule has 0 saturated carbocycles. The van der Waals surface area contributed by atoms with Crippen molar-refractivity contribution in [2.24, 2.45) is 0 Å². The van der Waals surface area contributed by atoms with E-state index in [1.54, 1.807) is 11.8 Å². The van der Waals surface area contributed by atoms with Gasteiger partial charge in [0.15, 0.2) is 0 Å². The maximum absolute atomic E-state index is 11.6. The van der Waals surface area contributed by atoms with Crippen LogP contribution < -0.4 is 10.6 Å². The molecule has 4 nitrogen and oxygen atoms in total. The average Bonchev–Trinajstić information content (AvgIpc) is 2.41. The Morgan fingerprint density at radius 3 is 2.94 bits per heavy atom. The topological polar surface area (TPSA) is 50.4 Å². The summed E-state index contributed by atoms with van der Waals surface area (Å²) < 4.78 is 5.32. The third kappa shape index (κ3) is 7.74. The third-order valence-corrected chi connectivity index (χ3v) is 4.14. The van der Waals surface area contributed by atoms with E-state index in [1.807, 2.05) is 6.08 Å². The summed E-state index contributed by atoms with van der Waals surface area (Å²) in [5.74, 6) is 0.683. The molecule has 1 saturated heterocycles. The Balaban J connectivity index is 1.91. The van der Waals surface area contributed by atoms with E-state index in [-0.39, 0.29) is 5.91 Å². The fourth-order valence-corrected chi connectivity index (χ4v) is 2.80. The van der Waals surface area contributed by atoms with Crippen LogP contribution in [-0.2, 0) is 9.53 Å². The molecular weight excluding hydrogens is 248 g/mol. The van der Waals surface area contributed by atoms with E-state index in [1.165, 1.54) is 12.8 Å². The van der Waals surface area contributed by atoms with Crippen molar-refractivity contribution in [2.75, 3.05) is 38.6 Å². The van der Waals surface area contributed by atoms with E-state index in [0.717, 1.165) is 19.5 Å². The van der Waals surface area contributed by atoms with Crippen molar-refractivity contribution < 1.29 is 9.53 Å². The number of carbonyl (C=O) groups excluding carboxylic acids is 1. The first-order valence-corrected chi connectivity index (χ1v) is 7.65. The zero-order valence-electron chi connectivity index (χ0n) is 11.0. The maximum Gasteiger partial charge on any atom is 0.230 e. The van der Waals surface area contributed by atoms with Gasteiger partial charge in [0.05, 0.1) is 19.0 Å². The van der Waals surface area contributed by atoms with Gasteiger partial charge in [0.1, 0.15) is 0 Å². The van der Waals surface area contributed by atoms with Gasteiger partial charge < -0.3 is 15.4 Å². The van der Waals surface area contributed by atoms with Crippen LogP contribution in [0.5, 0.6) is 0 Å². The summed E-state index contributed by atoms with van der Waals surface area (Å²) in [5.41, 5.74) is 0. The number of nitrogens with one attached hydrogen (secondary N) is 2. The van der Waals surface area contributed by atoms with Crippen molar-refractivity contribution in [3.63, 3.8) is 0 Å². The molecule has 1 aliphatic heterocycles. The highest BCUT2D eigenvalue weighted by Crippen LogP contribution is 2.19. The van der Waals surface area contributed by atoms with Crippen molar-refractivity contribution >= 4 is 17.7 Å². The molecule has 0 aromatic carbocycles. The van der Waals surface area contributed by atoms with E-state index in [0.29, 0.717) is 30.8 Å². The van der Waals surface area contributed by atoms with Crippen molar-refractivity contribution in [3.8, 4) is 0 Å². The molecule has 0 aliphatic carbocycles. The van der Waals surface area contributed by atoms with Gasteiger partial charge in [0.2, 0.25) is 5.91 Å². The molecule has 0 spiro atoms. The zero-order chi connectivity index (χ0) is 13.1. The van der Waals surface area contributed by atoms with Gasteiger partial charge in [-0.3, -0.25) is 4.79 Å². The van der Waals surface area contributed by atoms with Crippen LogP contribution in [0.15, 0.2) is 12.7 Å². The number of amides is 1. The molecule has 2 N–H and O–H groups in total. The summed E-state index contributed by atoms with van der Waals surface area (Å²) >= 11 is 1.77. The van der Waals surface area contributed by atoms with E-state index >= 15 is 0 Å². The smallest absolute Gasteiger partial charge is 0.230 e. The first kappa shape index (κ1) is 15.5. The molecule has 104 valence electrons. The molecular formula is C13H24N2O2S. The van der Waals surface area contributed by atoms with Crippen LogP contribution in [0.2, 0.25) is 0 Å². The van der Waals surface area contributed by atoms with Crippen molar-refractivity contribution in [2.45, 2.75) is 24.5 Å². The lowest BCUT2D eigenvalue weighted by atomic mass is 10.2. The molecule has 1 heterocycles. The normalized spacial score (nSPS) is 16.4. The fourth-order valence-electron chi connectivity index (χ4n) is 1.74. The highest BCUT2D eigenvalue weighted by molar-refractivity contribution is 8.00. The second-order valence-electron chi connectivity index (χ2n) is 4.30. The molecule has 0 unspecified atom stereocenters. The molecule has 1 amide bonds. The second-order valence-corrected chi connectivity index (χ2v) is 5.59. The van der Waals surface area contributed by atoms with Gasteiger partial charge in [-0.1, -0.05) is 6.08 Å². The molecule has 0 radical (unpaired) electrons. The van der Waals surface area contributed by atoms with Crippen molar-refractivity contribution in [1.29, 1.82) is 0 Å². The Hall–Kier alpha value is -0.520. The molecule has 0 atom stereocenters. The third-order valence-electron chi connectivity index (χ3n) is 2.77. The van der Waals surface area contributed by atoms with Gasteiger partial charge in [-0.15, -0.1) is 18.3 Å². The van der Waals surface area contributed by atoms with Crippen molar-refractivity contribution in [3.05, 3.63) is 12.7 Å². The van der Waals surface area contributed by atoms with Crippen LogP contribution in [0.1, 0.15) is 19.3 Å². The standard InChI is InChI=1S/C13H24N2O2S/c1-2-3-9-17-10-8-15-13(16)11-18-12-4-6-14-7-5-12/h2,12,14H,1,3-11H2,(H,15,16). The maximum atomic E-state index is 11.6. The van der Waals surface area contributed by atoms with Crippen LogP contribution in [0.4, 0.5) is 0 Å². The summed E-state index contributed by atoms with van der Waals surface area (Å²) in [6.07, 6.45) is 5.03. The summed E-state index contributed by atoms with van der Waals surface area (Å²) in [5, 5.41) is 6.84. The molecule has 5 heteroatoms. The number of ether oxygens (including phenoxy) is 1. The van der Waals surface area contributed by atoms with Gasteiger partial charge in [-0.2, -0.15) is 0 Å². The highest BCUT2D eigenvalue weighted by Gasteiger charge is 2.14. The number of hydrogen-bond acceptors (Lipinski definition) is 4. The predicted molar refractivity (Wildman–Crippen MR) is 77.0 cm³/mol. The SMILES string of the molecule is C=CCCOCCNC(=O)CSC1CCNCC1. The second kappa shape index (κ2) is 10.4. The minimum absolute atomic E-state index is 0.117. The minimum Gasteiger partial charge on any atom is -0.379 e. The molecule has 1 fully saturated rings. The molecule has 0 aromatic heterocycles. The summed E-state index contributed by atoms with van der Waals surface area (Å²) in [7, 11) is 0. The quantitative estimate of drug-likeness (QED) is 0.489. The number of piperidine rings is 1. The minimum atomic E-state index is 0.117. The summed E-state index contributed by atoms with van der Waals surface area (Å²) in [6, 6.07) is 0. The van der Waals surface area contributed by atoms with E-state index < -0.39 is 0 Å². The zero-order valence-corrected chi connectivity index (χ0v) is 11.8. The molecule has 1 aliphatic rings. The van der Waals surface area contributed by atoms with Crippen molar-refractivity contribution in [1.82, 2.24) is 10.6 Å². The van der Waals surface area contributed by atoms with Gasteiger partial charge >= 0.3 is 0 Å². The van der Waals surface area contributed by atoms with Crippen LogP contribution in [-0.4, -0.2) is 49.8 Å². The van der Waals surface area contributed by atoms with Crippen LogP contribution in [0, 0.1) is 0 Å². The van der Waals surface area contributed by atoms with Crippen LogP contribution in [0.25, 0.3) is 0 Å². The van der Waals surface area contributed by atoms with Gasteiger partial charge in [-0.05, 0) is 32.4 Å². The monoisotopic (exact) mass is 272 g/mol. The predicted octanol–water partition coefficient (Wildman–Crippen LogP) is 1.18. The van der Waals surface area contributed by atoms with Gasteiger partial charge in [0, 0.05) is 11.8 Å². The molecule has 0 aromatic rings. The number of hydrogen-bond donors (Lipinski definition) is 2. The number of carbonyl (C=O) groups is 1. The number of thioether (sulfide) groups is 1. The fraction of sp³-hybridized carbons (Fsp3) is 0.769. The van der Waals surface area contributed by atoms with Crippen LogP contribution >= 0.6 is 11.8 Å². The van der Waals surface area contributed by atoms with E-state index in [2.05, 4.69) is 17.2 Å². The van der Waals surface area contributed by atoms with Gasteiger partial charge in [0.25, 0.3) is 0 Å². The summed E-state index contributed by atoms with van der Waals surface area (Å²) in [6.45, 7) is 7.64. The first-order valence-electron chi connectivity index (χ1n) is 6.60. The highest BCUT2D eigenvalue weighted by atomic mass is 32.2. The Bertz CT molecular complexity index is 243. The molecule has 0 bridgehead atoms. The van der Waals surface area contributed by atoms with E-state index in [9.17, 15) is 4.79 Å². The van der Waals surface area contributed by atoms with E-state index in [4.69, 9.17) is 4.74 Å². The lowest BCUT2D eigenvalue weighted by molar-refractivity contribution is -0.118. The Labute approximate surface area is 114 Å². The molecule has 1 rings (SSSR count). The summed E-state index contributed by atoms with van der Waals surface area (Å²) in [4.78, 5) is 11.6. The van der Waals surface area contributed by atoms with Gasteiger partial charge in [-0.25, -0.2) is 0 Å². The lowest BCUT2D eigenvalue weighted by Gasteiger charge is -2.21. The number of rotatable bonds is 9. The Kier molecular flexibility index (Phi) is 8.98. The molecule has 18 heavy (non-hydrogen) atoms. The Morgan fingerprint density at radius 2 is 2.22 bits per heavy atom. The first-order chi connectivity index (χ1) is 8.83.